The molecule has 0 atom stereocenters. The normalized spacial score (nSPS) is 11.5. The highest BCUT2D eigenvalue weighted by molar-refractivity contribution is 14.1. The lowest BCUT2D eigenvalue weighted by Crippen LogP contribution is -2.39. The van der Waals surface area contributed by atoms with Crippen LogP contribution in [-0.2, 0) is 9.84 Å². The van der Waals surface area contributed by atoms with Crippen LogP contribution in [-0.4, -0.2) is 56.6 Å². The van der Waals surface area contributed by atoms with Crippen molar-refractivity contribution >= 4 is 77.4 Å². The van der Waals surface area contributed by atoms with E-state index < -0.39 is 9.84 Å². The van der Waals surface area contributed by atoms with E-state index in [1.54, 1.807) is 17.0 Å². The third kappa shape index (κ3) is 5.95. The number of rotatable bonds is 8. The quantitative estimate of drug-likeness (QED) is 0.354. The highest BCUT2D eigenvalue weighted by Crippen LogP contribution is 2.33. The number of anilines is 1. The summed E-state index contributed by atoms with van der Waals surface area (Å²) in [5.74, 6) is -0.132. The van der Waals surface area contributed by atoms with Crippen LogP contribution in [0.1, 0.15) is 24.2 Å². The van der Waals surface area contributed by atoms with Crippen molar-refractivity contribution in [1.82, 2.24) is 9.88 Å². The fourth-order valence-electron chi connectivity index (χ4n) is 3.17. The van der Waals surface area contributed by atoms with Crippen LogP contribution in [0.2, 0.25) is 0 Å². The molecule has 0 aliphatic rings. The molecule has 0 fully saturated rings. The minimum atomic E-state index is -3.42. The van der Waals surface area contributed by atoms with Crippen LogP contribution in [0, 0.1) is 3.57 Å². The molecule has 1 heterocycles. The Labute approximate surface area is 207 Å². The van der Waals surface area contributed by atoms with Gasteiger partial charge in [-0.2, -0.15) is 0 Å². The van der Waals surface area contributed by atoms with Crippen LogP contribution in [0.5, 0.6) is 0 Å². The molecule has 0 radical (unpaired) electrons. The topological polar surface area (TPSA) is 70.6 Å². The molecule has 0 saturated heterocycles. The van der Waals surface area contributed by atoms with Gasteiger partial charge in [-0.25, -0.2) is 13.4 Å². The van der Waals surface area contributed by atoms with Gasteiger partial charge in [-0.05, 0) is 59.9 Å². The van der Waals surface area contributed by atoms with Gasteiger partial charge in [0.05, 0.1) is 15.2 Å². The Morgan fingerprint density at radius 3 is 2.35 bits per heavy atom. The number of fused-ring (bicyclic) bond motifs is 1. The molecule has 3 aromatic rings. The van der Waals surface area contributed by atoms with Crippen LogP contribution in [0.4, 0.5) is 5.13 Å². The second kappa shape index (κ2) is 11.0. The van der Waals surface area contributed by atoms with Gasteiger partial charge in [0.25, 0.3) is 5.91 Å². The maximum Gasteiger partial charge on any atom is 0.261 e. The number of para-hydroxylation sites is 1. The molecule has 0 aliphatic heterocycles. The predicted octanol–water partition coefficient (Wildman–Crippen LogP) is 4.71. The summed E-state index contributed by atoms with van der Waals surface area (Å²) in [6.07, 6.45) is 1.18. The standard InChI is InChI=1S/C21H24IN3O3S2.ClH/c1-4-24(5-2)13-14-25(20(26)15-9-6-7-10-16(15)22)21-23-19-17(29-21)11-8-12-18(19)30(3,27)28;/h6-12H,4-5,13-14H2,1-3H3;1H. The largest absolute Gasteiger partial charge is 0.302 e. The van der Waals surface area contributed by atoms with Crippen molar-refractivity contribution in [2.45, 2.75) is 18.7 Å². The maximum atomic E-state index is 13.5. The smallest absolute Gasteiger partial charge is 0.261 e. The van der Waals surface area contributed by atoms with Crippen LogP contribution >= 0.6 is 46.3 Å². The lowest BCUT2D eigenvalue weighted by Gasteiger charge is -2.25. The number of sulfone groups is 1. The third-order valence-corrected chi connectivity index (χ3v) is 8.00. The monoisotopic (exact) mass is 593 g/mol. The lowest BCUT2D eigenvalue weighted by molar-refractivity contribution is 0.0983. The Morgan fingerprint density at radius 1 is 1.06 bits per heavy atom. The SMILES string of the molecule is CCN(CC)CCN(C(=O)c1ccccc1I)c1nc2c(S(C)(=O)=O)cccc2s1.Cl. The van der Waals surface area contributed by atoms with Crippen molar-refractivity contribution < 1.29 is 13.2 Å². The fourth-order valence-corrected chi connectivity index (χ4v) is 5.70. The van der Waals surface area contributed by atoms with Crippen molar-refractivity contribution in [3.05, 3.63) is 51.6 Å². The molecule has 0 aliphatic carbocycles. The zero-order chi connectivity index (χ0) is 21.9. The minimum Gasteiger partial charge on any atom is -0.302 e. The third-order valence-electron chi connectivity index (χ3n) is 4.88. The van der Waals surface area contributed by atoms with E-state index >= 15 is 0 Å². The molecule has 1 aromatic heterocycles. The van der Waals surface area contributed by atoms with Gasteiger partial charge < -0.3 is 4.90 Å². The van der Waals surface area contributed by atoms with Gasteiger partial charge in [0.2, 0.25) is 0 Å². The van der Waals surface area contributed by atoms with Crippen molar-refractivity contribution in [1.29, 1.82) is 0 Å². The Morgan fingerprint density at radius 2 is 1.74 bits per heavy atom. The average molecular weight is 594 g/mol. The van der Waals surface area contributed by atoms with Gasteiger partial charge in [0, 0.05) is 22.9 Å². The summed E-state index contributed by atoms with van der Waals surface area (Å²) in [6, 6.07) is 12.6. The molecule has 0 N–H and O–H groups in total. The molecular weight excluding hydrogens is 569 g/mol. The minimum absolute atomic E-state index is 0. The Hall–Kier alpha value is -1.27. The fraction of sp³-hybridized carbons (Fsp3) is 0.333. The summed E-state index contributed by atoms with van der Waals surface area (Å²) >= 11 is 3.50. The number of nitrogens with zero attached hydrogens (tertiary/aromatic N) is 3. The molecule has 0 unspecified atom stereocenters. The predicted molar refractivity (Wildman–Crippen MR) is 139 cm³/mol. The maximum absolute atomic E-state index is 13.5. The highest BCUT2D eigenvalue weighted by atomic mass is 127. The van der Waals surface area contributed by atoms with E-state index in [0.29, 0.717) is 29.3 Å². The first kappa shape index (κ1) is 26.0. The van der Waals surface area contributed by atoms with Gasteiger partial charge in [-0.15, -0.1) is 12.4 Å². The molecule has 0 bridgehead atoms. The summed E-state index contributed by atoms with van der Waals surface area (Å²) < 4.78 is 26.0. The first-order chi connectivity index (χ1) is 14.3. The zero-order valence-electron chi connectivity index (χ0n) is 17.5. The van der Waals surface area contributed by atoms with Crippen molar-refractivity contribution in [2.75, 3.05) is 37.3 Å². The number of hydrogen-bond acceptors (Lipinski definition) is 6. The molecule has 2 aromatic carbocycles. The molecule has 168 valence electrons. The number of carbonyl (C=O) groups is 1. The number of amides is 1. The van der Waals surface area contributed by atoms with E-state index in [1.165, 1.54) is 17.6 Å². The van der Waals surface area contributed by atoms with Crippen molar-refractivity contribution in [3.63, 3.8) is 0 Å². The van der Waals surface area contributed by atoms with Crippen LogP contribution in [0.3, 0.4) is 0 Å². The average Bonchev–Trinajstić information content (AvgIpc) is 3.14. The lowest BCUT2D eigenvalue weighted by atomic mass is 10.2. The summed E-state index contributed by atoms with van der Waals surface area (Å²) in [5.41, 5.74) is 1.03. The zero-order valence-corrected chi connectivity index (χ0v) is 22.1. The molecule has 10 heteroatoms. The summed E-state index contributed by atoms with van der Waals surface area (Å²) in [7, 11) is -3.42. The Balaban J connectivity index is 0.00000341. The molecule has 6 nitrogen and oxygen atoms in total. The summed E-state index contributed by atoms with van der Waals surface area (Å²) in [6.45, 7) is 7.13. The molecule has 31 heavy (non-hydrogen) atoms. The van der Waals surface area contributed by atoms with E-state index in [1.807, 2.05) is 30.3 Å². The van der Waals surface area contributed by atoms with Gasteiger partial charge in [0.1, 0.15) is 5.52 Å². The van der Waals surface area contributed by atoms with Crippen molar-refractivity contribution in [2.24, 2.45) is 0 Å². The molecule has 0 saturated carbocycles. The number of carbonyl (C=O) groups excluding carboxylic acids is 1. The second-order valence-corrected chi connectivity index (χ2v) is 11.0. The van der Waals surface area contributed by atoms with Crippen molar-refractivity contribution in [3.8, 4) is 0 Å². The summed E-state index contributed by atoms with van der Waals surface area (Å²) in [4.78, 5) is 22.2. The van der Waals surface area contributed by atoms with Gasteiger partial charge >= 0.3 is 0 Å². The number of thiazole rings is 1. The van der Waals surface area contributed by atoms with Gasteiger partial charge in [-0.3, -0.25) is 9.69 Å². The van der Waals surface area contributed by atoms with E-state index in [-0.39, 0.29) is 23.2 Å². The number of halogens is 2. The first-order valence-electron chi connectivity index (χ1n) is 9.64. The van der Waals surface area contributed by atoms with E-state index in [2.05, 4.69) is 46.3 Å². The van der Waals surface area contributed by atoms with E-state index in [0.717, 1.165) is 21.4 Å². The number of hydrogen-bond donors (Lipinski definition) is 0. The number of benzene rings is 2. The number of aromatic nitrogens is 1. The van der Waals surface area contributed by atoms with Crippen LogP contribution < -0.4 is 4.90 Å². The molecular formula is C21H25ClIN3O3S2. The number of likely N-dealkylation sites (N-methyl/N-ethyl adjacent to an activating group) is 1. The first-order valence-corrected chi connectivity index (χ1v) is 13.4. The van der Waals surface area contributed by atoms with E-state index in [4.69, 9.17) is 0 Å². The van der Waals surface area contributed by atoms with Crippen LogP contribution in [0.15, 0.2) is 47.4 Å². The highest BCUT2D eigenvalue weighted by Gasteiger charge is 2.25. The molecule has 1 amide bonds. The second-order valence-electron chi connectivity index (χ2n) is 6.84. The molecule has 3 rings (SSSR count). The Bertz CT molecular complexity index is 1160. The van der Waals surface area contributed by atoms with Crippen LogP contribution in [0.25, 0.3) is 10.2 Å². The Kier molecular flexibility index (Phi) is 9.26. The van der Waals surface area contributed by atoms with Gasteiger partial charge in [0.15, 0.2) is 15.0 Å². The molecule has 0 spiro atoms. The van der Waals surface area contributed by atoms with E-state index in [9.17, 15) is 13.2 Å². The van der Waals surface area contributed by atoms with Gasteiger partial charge in [-0.1, -0.05) is 43.4 Å². The summed E-state index contributed by atoms with van der Waals surface area (Å²) in [5, 5.41) is 0.512.